The molecule has 0 aliphatic carbocycles. The molecule has 0 saturated carbocycles. The lowest BCUT2D eigenvalue weighted by Gasteiger charge is -2.07. The second-order valence-corrected chi connectivity index (χ2v) is 6.73. The van der Waals surface area contributed by atoms with Gasteiger partial charge in [-0.25, -0.2) is 14.5 Å². The summed E-state index contributed by atoms with van der Waals surface area (Å²) in [7, 11) is 1.86. The van der Waals surface area contributed by atoms with Gasteiger partial charge in [-0.15, -0.1) is 5.10 Å². The molecule has 8 heteroatoms. The van der Waals surface area contributed by atoms with Crippen LogP contribution in [0.25, 0.3) is 16.8 Å². The number of anilines is 2. The predicted octanol–water partition coefficient (Wildman–Crippen LogP) is 3.25. The lowest BCUT2D eigenvalue weighted by atomic mass is 10.0. The Morgan fingerprint density at radius 2 is 2.04 bits per heavy atom. The molecule has 4 aromatic rings. The minimum atomic E-state index is 0.521. The number of hydrogen-bond donors (Lipinski definition) is 1. The Morgan fingerprint density at radius 1 is 1.15 bits per heavy atom. The summed E-state index contributed by atoms with van der Waals surface area (Å²) in [6.07, 6.45) is 7.48. The lowest BCUT2D eigenvalue weighted by molar-refractivity contribution is 0.553. The Balaban J connectivity index is 1.62. The van der Waals surface area contributed by atoms with E-state index in [1.165, 1.54) is 0 Å². The molecule has 0 unspecified atom stereocenters. The van der Waals surface area contributed by atoms with E-state index in [1.807, 2.05) is 29.9 Å². The fourth-order valence-corrected chi connectivity index (χ4v) is 2.91. The van der Waals surface area contributed by atoms with E-state index in [1.54, 1.807) is 17.1 Å². The molecule has 0 radical (unpaired) electrons. The highest BCUT2D eigenvalue weighted by molar-refractivity contribution is 5.64. The zero-order valence-corrected chi connectivity index (χ0v) is 15.7. The largest absolute Gasteiger partial charge is 0.309 e. The summed E-state index contributed by atoms with van der Waals surface area (Å²) in [6, 6.07) is 7.86. The molecule has 4 heterocycles. The second-order valence-electron chi connectivity index (χ2n) is 6.73. The number of hydrogen-bond acceptors (Lipinski definition) is 6. The Bertz CT molecular complexity index is 1060. The van der Waals surface area contributed by atoms with Crippen molar-refractivity contribution in [2.24, 2.45) is 13.0 Å². The first-order valence-electron chi connectivity index (χ1n) is 9.06. The number of fused-ring (bicyclic) bond motifs is 1. The van der Waals surface area contributed by atoms with E-state index in [-0.39, 0.29) is 0 Å². The molecule has 1 N–H and O–H groups in total. The highest BCUT2D eigenvalue weighted by atomic mass is 15.4. The van der Waals surface area contributed by atoms with Crippen LogP contribution in [-0.4, -0.2) is 34.6 Å². The monoisotopic (exact) mass is 362 g/mol. The summed E-state index contributed by atoms with van der Waals surface area (Å²) in [5.41, 5.74) is 3.85. The smallest absolute Gasteiger partial charge is 0.228 e. The topological polar surface area (TPSA) is 85.8 Å². The van der Waals surface area contributed by atoms with E-state index in [2.05, 4.69) is 56.7 Å². The summed E-state index contributed by atoms with van der Waals surface area (Å²) in [5.74, 6) is 1.94. The third-order valence-electron chi connectivity index (χ3n) is 4.74. The van der Waals surface area contributed by atoms with Gasteiger partial charge < -0.3 is 5.32 Å². The van der Waals surface area contributed by atoms with Gasteiger partial charge in [-0.2, -0.15) is 5.10 Å². The SMILES string of the molecule is CC[C@H](C)Cc1nnn2cc(-c3ccnc(Nc4ccnn4C)n3)ccc12. The Morgan fingerprint density at radius 3 is 2.81 bits per heavy atom. The Hall–Kier alpha value is -3.29. The molecule has 4 rings (SSSR count). The maximum atomic E-state index is 4.61. The standard InChI is InChI=1S/C19H22N8/c1-4-13(2)11-16-17-6-5-14(12-27(17)25-24-16)15-7-9-20-19(22-15)23-18-8-10-21-26(18)3/h5-10,12-13H,4,11H2,1-3H3,(H,20,22,23)/t13-/m0/s1. The molecule has 0 saturated heterocycles. The molecule has 138 valence electrons. The van der Waals surface area contributed by atoms with Crippen LogP contribution in [0.15, 0.2) is 42.9 Å². The van der Waals surface area contributed by atoms with Gasteiger partial charge in [0.05, 0.1) is 23.1 Å². The van der Waals surface area contributed by atoms with Crippen molar-refractivity contribution in [1.29, 1.82) is 0 Å². The first-order chi connectivity index (χ1) is 13.1. The number of nitrogens with zero attached hydrogens (tertiary/aromatic N) is 7. The van der Waals surface area contributed by atoms with Crippen molar-refractivity contribution in [2.75, 3.05) is 5.32 Å². The van der Waals surface area contributed by atoms with Crippen LogP contribution in [0, 0.1) is 5.92 Å². The number of aryl methyl sites for hydroxylation is 1. The van der Waals surface area contributed by atoms with Crippen LogP contribution in [-0.2, 0) is 13.5 Å². The van der Waals surface area contributed by atoms with Crippen molar-refractivity contribution >= 4 is 17.3 Å². The number of aromatic nitrogens is 7. The third-order valence-corrected chi connectivity index (χ3v) is 4.74. The number of nitrogens with one attached hydrogen (secondary N) is 1. The minimum Gasteiger partial charge on any atom is -0.309 e. The first-order valence-corrected chi connectivity index (χ1v) is 9.06. The van der Waals surface area contributed by atoms with Gasteiger partial charge in [-0.3, -0.25) is 4.68 Å². The summed E-state index contributed by atoms with van der Waals surface area (Å²) in [5, 5.41) is 15.9. The molecular formula is C19H22N8. The molecule has 0 bridgehead atoms. The van der Waals surface area contributed by atoms with E-state index in [0.29, 0.717) is 11.9 Å². The van der Waals surface area contributed by atoms with Crippen molar-refractivity contribution < 1.29 is 0 Å². The summed E-state index contributed by atoms with van der Waals surface area (Å²) in [4.78, 5) is 8.90. The van der Waals surface area contributed by atoms with Crippen molar-refractivity contribution in [2.45, 2.75) is 26.7 Å². The fourth-order valence-electron chi connectivity index (χ4n) is 2.91. The van der Waals surface area contributed by atoms with Gasteiger partial charge in [0.1, 0.15) is 5.82 Å². The molecule has 4 aromatic heterocycles. The summed E-state index contributed by atoms with van der Waals surface area (Å²) >= 11 is 0. The van der Waals surface area contributed by atoms with Gasteiger partial charge in [0, 0.05) is 31.1 Å². The zero-order chi connectivity index (χ0) is 18.8. The summed E-state index contributed by atoms with van der Waals surface area (Å²) < 4.78 is 3.56. The molecule has 0 amide bonds. The Labute approximate surface area is 157 Å². The first kappa shape index (κ1) is 17.1. The molecule has 0 aliphatic rings. The average Bonchev–Trinajstić information content (AvgIpc) is 3.28. The van der Waals surface area contributed by atoms with Crippen LogP contribution in [0.1, 0.15) is 26.0 Å². The normalized spacial score (nSPS) is 12.4. The lowest BCUT2D eigenvalue weighted by Crippen LogP contribution is -2.03. The highest BCUT2D eigenvalue weighted by Crippen LogP contribution is 2.22. The van der Waals surface area contributed by atoms with Crippen LogP contribution in [0.3, 0.4) is 0 Å². The van der Waals surface area contributed by atoms with Gasteiger partial charge in [-0.05, 0) is 30.5 Å². The zero-order valence-electron chi connectivity index (χ0n) is 15.7. The number of rotatable bonds is 6. The van der Waals surface area contributed by atoms with E-state index in [9.17, 15) is 0 Å². The minimum absolute atomic E-state index is 0.521. The van der Waals surface area contributed by atoms with Gasteiger partial charge in [0.15, 0.2) is 0 Å². The molecule has 1 atom stereocenters. The molecule has 0 spiro atoms. The molecule has 0 aliphatic heterocycles. The maximum absolute atomic E-state index is 4.61. The van der Waals surface area contributed by atoms with Gasteiger partial charge in [-0.1, -0.05) is 25.5 Å². The molecular weight excluding hydrogens is 340 g/mol. The average molecular weight is 362 g/mol. The van der Waals surface area contributed by atoms with Crippen LogP contribution in [0.2, 0.25) is 0 Å². The fraction of sp³-hybridized carbons (Fsp3) is 0.316. The Kier molecular flexibility index (Phi) is 4.53. The van der Waals surface area contributed by atoms with Crippen molar-refractivity contribution in [3.8, 4) is 11.3 Å². The maximum Gasteiger partial charge on any atom is 0.228 e. The van der Waals surface area contributed by atoms with Crippen LogP contribution in [0.5, 0.6) is 0 Å². The third kappa shape index (κ3) is 3.51. The van der Waals surface area contributed by atoms with Crippen molar-refractivity contribution in [3.63, 3.8) is 0 Å². The van der Waals surface area contributed by atoms with Crippen molar-refractivity contribution in [1.82, 2.24) is 34.6 Å². The molecule has 0 aromatic carbocycles. The highest BCUT2D eigenvalue weighted by Gasteiger charge is 2.11. The molecule has 8 nitrogen and oxygen atoms in total. The predicted molar refractivity (Wildman–Crippen MR) is 104 cm³/mol. The van der Waals surface area contributed by atoms with Crippen molar-refractivity contribution in [3.05, 3.63) is 48.5 Å². The van der Waals surface area contributed by atoms with Crippen LogP contribution in [0.4, 0.5) is 11.8 Å². The van der Waals surface area contributed by atoms with E-state index in [0.717, 1.165) is 41.1 Å². The second kappa shape index (κ2) is 7.14. The van der Waals surface area contributed by atoms with Crippen LogP contribution >= 0.6 is 0 Å². The van der Waals surface area contributed by atoms with E-state index in [4.69, 9.17) is 0 Å². The van der Waals surface area contributed by atoms with Gasteiger partial charge in [0.2, 0.25) is 5.95 Å². The quantitative estimate of drug-likeness (QED) is 0.567. The van der Waals surface area contributed by atoms with Gasteiger partial charge >= 0.3 is 0 Å². The van der Waals surface area contributed by atoms with Gasteiger partial charge in [0.25, 0.3) is 0 Å². The summed E-state index contributed by atoms with van der Waals surface area (Å²) in [6.45, 7) is 4.43. The molecule has 27 heavy (non-hydrogen) atoms. The number of pyridine rings is 1. The van der Waals surface area contributed by atoms with E-state index < -0.39 is 0 Å². The van der Waals surface area contributed by atoms with E-state index >= 15 is 0 Å². The molecule has 0 fully saturated rings. The van der Waals surface area contributed by atoms with Crippen LogP contribution < -0.4 is 5.32 Å².